The van der Waals surface area contributed by atoms with Gasteiger partial charge in [0.25, 0.3) is 0 Å². The van der Waals surface area contributed by atoms with Crippen molar-refractivity contribution in [1.29, 1.82) is 0 Å². The summed E-state index contributed by atoms with van der Waals surface area (Å²) in [4.78, 5) is 10.9. The third-order valence-corrected chi connectivity index (χ3v) is 3.92. The zero-order valence-corrected chi connectivity index (χ0v) is 12.7. The Morgan fingerprint density at radius 1 is 1.13 bits per heavy atom. The van der Waals surface area contributed by atoms with Crippen molar-refractivity contribution in [1.82, 2.24) is 20.2 Å². The van der Waals surface area contributed by atoms with Gasteiger partial charge in [-0.2, -0.15) is 5.10 Å². The Labute approximate surface area is 133 Å². The first-order valence-electron chi connectivity index (χ1n) is 7.75. The van der Waals surface area contributed by atoms with Gasteiger partial charge in [0.05, 0.1) is 12.1 Å². The molecule has 2 N–H and O–H groups in total. The molecular weight excluding hydrogens is 292 g/mol. The molecule has 3 heterocycles. The molecule has 2 aromatic heterocycles. The van der Waals surface area contributed by atoms with Crippen LogP contribution in [-0.2, 0) is 4.74 Å². The lowest BCUT2D eigenvalue weighted by Crippen LogP contribution is -2.26. The van der Waals surface area contributed by atoms with Crippen LogP contribution in [0.5, 0.6) is 0 Å². The minimum absolute atomic E-state index is 0.733. The number of hydrogen-bond acceptors (Lipinski definition) is 6. The molecule has 0 atom stereocenters. The lowest BCUT2D eigenvalue weighted by Gasteiger charge is -2.20. The van der Waals surface area contributed by atoms with Crippen LogP contribution in [0.2, 0.25) is 0 Å². The summed E-state index contributed by atoms with van der Waals surface area (Å²) in [6.07, 6.45) is 2.59. The highest BCUT2D eigenvalue weighted by Gasteiger charge is 2.13. The number of aromatic nitrogens is 4. The van der Waals surface area contributed by atoms with E-state index in [1.54, 1.807) is 6.33 Å². The molecule has 7 nitrogen and oxygen atoms in total. The predicted molar refractivity (Wildman–Crippen MR) is 89.1 cm³/mol. The van der Waals surface area contributed by atoms with Gasteiger partial charge in [-0.3, -0.25) is 5.10 Å². The van der Waals surface area contributed by atoms with Gasteiger partial charge in [-0.15, -0.1) is 0 Å². The number of nitrogens with zero attached hydrogens (tertiary/aromatic N) is 4. The van der Waals surface area contributed by atoms with Crippen LogP contribution in [0.4, 0.5) is 17.5 Å². The van der Waals surface area contributed by atoms with Gasteiger partial charge < -0.3 is 15.0 Å². The zero-order chi connectivity index (χ0) is 15.5. The van der Waals surface area contributed by atoms with E-state index in [2.05, 4.69) is 30.4 Å². The van der Waals surface area contributed by atoms with E-state index in [1.165, 1.54) is 0 Å². The first-order valence-corrected chi connectivity index (χ1v) is 7.75. The van der Waals surface area contributed by atoms with Crippen LogP contribution >= 0.6 is 0 Å². The average Bonchev–Trinajstić information content (AvgIpc) is 2.82. The Hall–Kier alpha value is -2.67. The number of nitrogens with one attached hydrogen (secondary N) is 2. The summed E-state index contributed by atoms with van der Waals surface area (Å²) in [6, 6.07) is 9.94. The number of ether oxygens (including phenoxy) is 1. The largest absolute Gasteiger partial charge is 0.380 e. The molecule has 1 aromatic carbocycles. The second-order valence-corrected chi connectivity index (χ2v) is 5.46. The van der Waals surface area contributed by atoms with Gasteiger partial charge in [0.1, 0.15) is 18.0 Å². The van der Waals surface area contributed by atoms with E-state index in [-0.39, 0.29) is 0 Å². The van der Waals surface area contributed by atoms with Gasteiger partial charge in [0, 0.05) is 31.1 Å². The maximum Gasteiger partial charge on any atom is 0.161 e. The second-order valence-electron chi connectivity index (χ2n) is 5.46. The molecular formula is C16H18N6O. The number of rotatable bonds is 3. The molecule has 1 saturated heterocycles. The molecule has 1 fully saturated rings. The van der Waals surface area contributed by atoms with Crippen molar-refractivity contribution in [3.63, 3.8) is 0 Å². The highest BCUT2D eigenvalue weighted by Crippen LogP contribution is 2.24. The zero-order valence-electron chi connectivity index (χ0n) is 12.7. The fraction of sp³-hybridized carbons (Fsp3) is 0.312. The summed E-state index contributed by atoms with van der Waals surface area (Å²) in [5.41, 5.74) is 0.994. The monoisotopic (exact) mass is 310 g/mol. The van der Waals surface area contributed by atoms with Crippen molar-refractivity contribution < 1.29 is 4.74 Å². The Bertz CT molecular complexity index is 794. The number of hydrogen-bond donors (Lipinski definition) is 2. The molecule has 0 bridgehead atoms. The fourth-order valence-corrected chi connectivity index (χ4v) is 2.74. The summed E-state index contributed by atoms with van der Waals surface area (Å²) in [6.45, 7) is 3.34. The first kappa shape index (κ1) is 14.0. The Morgan fingerprint density at radius 3 is 3.09 bits per heavy atom. The van der Waals surface area contributed by atoms with Crippen LogP contribution in [0.1, 0.15) is 6.42 Å². The normalized spacial score (nSPS) is 15.6. The molecule has 23 heavy (non-hydrogen) atoms. The van der Waals surface area contributed by atoms with Gasteiger partial charge in [0.2, 0.25) is 0 Å². The minimum Gasteiger partial charge on any atom is -0.380 e. The lowest BCUT2D eigenvalue weighted by atomic mass is 10.2. The minimum atomic E-state index is 0.733. The molecule has 0 radical (unpaired) electrons. The predicted octanol–water partition coefficient (Wildman–Crippen LogP) is 2.32. The Morgan fingerprint density at radius 2 is 2.09 bits per heavy atom. The molecule has 118 valence electrons. The number of aromatic amines is 1. The third kappa shape index (κ3) is 2.95. The van der Waals surface area contributed by atoms with E-state index in [0.717, 1.165) is 61.1 Å². The van der Waals surface area contributed by atoms with E-state index in [0.29, 0.717) is 0 Å². The molecule has 0 aliphatic carbocycles. The van der Waals surface area contributed by atoms with Crippen molar-refractivity contribution in [3.05, 3.63) is 36.7 Å². The molecule has 0 amide bonds. The molecule has 1 aliphatic rings. The van der Waals surface area contributed by atoms with Crippen LogP contribution < -0.4 is 10.2 Å². The van der Waals surface area contributed by atoms with E-state index in [9.17, 15) is 0 Å². The summed E-state index contributed by atoms with van der Waals surface area (Å²) >= 11 is 0. The molecule has 0 saturated carbocycles. The van der Waals surface area contributed by atoms with Crippen molar-refractivity contribution >= 4 is 28.4 Å². The number of para-hydroxylation sites is 1. The second kappa shape index (κ2) is 6.21. The number of H-pyrrole nitrogens is 1. The van der Waals surface area contributed by atoms with Gasteiger partial charge in [-0.1, -0.05) is 12.1 Å². The molecule has 0 spiro atoms. The van der Waals surface area contributed by atoms with E-state index in [4.69, 9.17) is 4.74 Å². The van der Waals surface area contributed by atoms with Gasteiger partial charge in [-0.25, -0.2) is 9.97 Å². The van der Waals surface area contributed by atoms with Crippen LogP contribution in [0.15, 0.2) is 36.7 Å². The van der Waals surface area contributed by atoms with Crippen molar-refractivity contribution in [2.75, 3.05) is 36.5 Å². The summed E-state index contributed by atoms with van der Waals surface area (Å²) in [7, 11) is 0. The Balaban J connectivity index is 1.58. The molecule has 0 unspecified atom stereocenters. The third-order valence-electron chi connectivity index (χ3n) is 3.92. The van der Waals surface area contributed by atoms with Gasteiger partial charge in [-0.05, 0) is 18.6 Å². The van der Waals surface area contributed by atoms with Gasteiger partial charge >= 0.3 is 0 Å². The van der Waals surface area contributed by atoms with Gasteiger partial charge in [0.15, 0.2) is 5.82 Å². The summed E-state index contributed by atoms with van der Waals surface area (Å²) in [5.74, 6) is 2.41. The first-order chi connectivity index (χ1) is 11.4. The maximum absolute atomic E-state index is 5.50. The topological polar surface area (TPSA) is 79.0 Å². The Kier molecular flexibility index (Phi) is 3.77. The number of fused-ring (bicyclic) bond motifs is 1. The average molecular weight is 310 g/mol. The van der Waals surface area contributed by atoms with Crippen LogP contribution in [-0.4, -0.2) is 46.5 Å². The fourth-order valence-electron chi connectivity index (χ4n) is 2.74. The molecule has 3 aromatic rings. The molecule has 4 rings (SSSR count). The van der Waals surface area contributed by atoms with E-state index >= 15 is 0 Å². The van der Waals surface area contributed by atoms with Crippen LogP contribution in [0, 0.1) is 0 Å². The summed E-state index contributed by atoms with van der Waals surface area (Å²) in [5, 5.41) is 11.6. The number of anilines is 3. The van der Waals surface area contributed by atoms with E-state index < -0.39 is 0 Å². The summed E-state index contributed by atoms with van der Waals surface area (Å²) < 4.78 is 5.50. The van der Waals surface area contributed by atoms with Crippen molar-refractivity contribution in [2.45, 2.75) is 6.42 Å². The highest BCUT2D eigenvalue weighted by atomic mass is 16.5. The molecule has 1 aliphatic heterocycles. The smallest absolute Gasteiger partial charge is 0.161 e. The quantitative estimate of drug-likeness (QED) is 0.773. The van der Waals surface area contributed by atoms with Crippen molar-refractivity contribution in [2.24, 2.45) is 0 Å². The highest BCUT2D eigenvalue weighted by molar-refractivity contribution is 5.91. The SMILES string of the molecule is c1ccc2c(Nc3cc(N4CCCOCC4)ncn3)n[nH]c2c1. The molecule has 7 heteroatoms. The standard InChI is InChI=1S/C16H18N6O/c1-2-5-13-12(4-1)16(21-20-13)19-14-10-15(18-11-17-14)22-6-3-8-23-9-7-22/h1-2,4-5,10-11H,3,6-9H2,(H2,17,18,19,20,21). The lowest BCUT2D eigenvalue weighted by molar-refractivity contribution is 0.152. The van der Waals surface area contributed by atoms with E-state index in [1.807, 2.05) is 30.3 Å². The van der Waals surface area contributed by atoms with Crippen molar-refractivity contribution in [3.8, 4) is 0 Å². The van der Waals surface area contributed by atoms with Crippen LogP contribution in [0.3, 0.4) is 0 Å². The van der Waals surface area contributed by atoms with Crippen LogP contribution in [0.25, 0.3) is 10.9 Å². The maximum atomic E-state index is 5.50. The number of benzene rings is 1.